The normalized spacial score (nSPS) is 10.7. The fourth-order valence-corrected chi connectivity index (χ4v) is 3.60. The molecule has 0 unspecified atom stereocenters. The molecule has 0 spiro atoms. The van der Waals surface area contributed by atoms with Gasteiger partial charge in [0.15, 0.2) is 0 Å². The fraction of sp³-hybridized carbons (Fsp3) is 0. The van der Waals surface area contributed by atoms with Crippen LogP contribution in [0.4, 0.5) is 5.69 Å². The highest BCUT2D eigenvalue weighted by molar-refractivity contribution is 6.06. The second-order valence-electron chi connectivity index (χ2n) is 7.49. The van der Waals surface area contributed by atoms with Crippen molar-refractivity contribution in [3.8, 4) is 22.6 Å². The lowest BCUT2D eigenvalue weighted by molar-refractivity contribution is 0.0999. The summed E-state index contributed by atoms with van der Waals surface area (Å²) in [6, 6.07) is 21.4. The van der Waals surface area contributed by atoms with E-state index in [1.807, 2.05) is 36.4 Å². The second kappa shape index (κ2) is 8.87. The van der Waals surface area contributed by atoms with Gasteiger partial charge in [0.1, 0.15) is 6.33 Å². The maximum atomic E-state index is 12.3. The summed E-state index contributed by atoms with van der Waals surface area (Å²) in [5.74, 6) is -0.745. The molecule has 0 fully saturated rings. The molecule has 0 aliphatic heterocycles. The zero-order valence-corrected chi connectivity index (χ0v) is 17.8. The Morgan fingerprint density at radius 3 is 2.29 bits per heavy atom. The SMILES string of the molecule is NC(=O)c1cc(-c2cc(-c3ccc(NC(=O)c4ccncc4)cc3)ncn2)nc2ccccc12. The van der Waals surface area contributed by atoms with Gasteiger partial charge in [-0.2, -0.15) is 0 Å². The summed E-state index contributed by atoms with van der Waals surface area (Å²) in [5.41, 5.74) is 10.4. The number of carbonyl (C=O) groups is 2. The van der Waals surface area contributed by atoms with E-state index >= 15 is 0 Å². The van der Waals surface area contributed by atoms with Crippen LogP contribution in [0.1, 0.15) is 20.7 Å². The van der Waals surface area contributed by atoms with Crippen molar-refractivity contribution in [1.29, 1.82) is 0 Å². The maximum Gasteiger partial charge on any atom is 0.255 e. The van der Waals surface area contributed by atoms with Crippen molar-refractivity contribution in [2.75, 3.05) is 5.32 Å². The average Bonchev–Trinajstić information content (AvgIpc) is 2.89. The predicted octanol–water partition coefficient (Wildman–Crippen LogP) is 4.11. The van der Waals surface area contributed by atoms with Crippen molar-refractivity contribution in [3.05, 3.63) is 103 Å². The van der Waals surface area contributed by atoms with Crippen molar-refractivity contribution >= 4 is 28.4 Å². The Hall–Kier alpha value is -4.98. The summed E-state index contributed by atoms with van der Waals surface area (Å²) in [4.78, 5) is 41.6. The molecule has 0 saturated carbocycles. The Bertz CT molecular complexity index is 1520. The van der Waals surface area contributed by atoms with Crippen LogP contribution in [0.25, 0.3) is 33.5 Å². The van der Waals surface area contributed by atoms with Crippen LogP contribution in [-0.2, 0) is 0 Å². The molecule has 5 rings (SSSR count). The number of primary amides is 1. The molecule has 0 radical (unpaired) electrons. The van der Waals surface area contributed by atoms with Crippen molar-refractivity contribution in [1.82, 2.24) is 19.9 Å². The van der Waals surface area contributed by atoms with Gasteiger partial charge in [-0.05, 0) is 42.5 Å². The van der Waals surface area contributed by atoms with E-state index in [1.54, 1.807) is 48.8 Å². The van der Waals surface area contributed by atoms with Gasteiger partial charge in [0.05, 0.1) is 28.2 Å². The number of hydrogen-bond donors (Lipinski definition) is 2. The summed E-state index contributed by atoms with van der Waals surface area (Å²) in [5, 5.41) is 3.55. The van der Waals surface area contributed by atoms with E-state index in [9.17, 15) is 9.59 Å². The van der Waals surface area contributed by atoms with Gasteiger partial charge in [-0.3, -0.25) is 14.6 Å². The number of carbonyl (C=O) groups excluding carboxylic acids is 2. The van der Waals surface area contributed by atoms with E-state index in [0.29, 0.717) is 44.8 Å². The molecule has 0 bridgehead atoms. The highest BCUT2D eigenvalue weighted by Gasteiger charge is 2.13. The zero-order chi connectivity index (χ0) is 23.5. The lowest BCUT2D eigenvalue weighted by Crippen LogP contribution is -2.12. The molecule has 8 nitrogen and oxygen atoms in total. The number of amides is 2. The van der Waals surface area contributed by atoms with Crippen LogP contribution < -0.4 is 11.1 Å². The minimum absolute atomic E-state index is 0.216. The van der Waals surface area contributed by atoms with Crippen LogP contribution in [0.5, 0.6) is 0 Å². The monoisotopic (exact) mass is 446 g/mol. The first-order valence-corrected chi connectivity index (χ1v) is 10.4. The molecular formula is C26H18N6O2. The molecule has 5 aromatic rings. The third-order valence-electron chi connectivity index (χ3n) is 5.29. The van der Waals surface area contributed by atoms with Crippen LogP contribution in [0.15, 0.2) is 91.5 Å². The van der Waals surface area contributed by atoms with Gasteiger partial charge in [-0.1, -0.05) is 30.3 Å². The molecule has 0 aliphatic rings. The number of aromatic nitrogens is 4. The number of nitrogens with two attached hydrogens (primary N) is 1. The first kappa shape index (κ1) is 20.9. The Morgan fingerprint density at radius 2 is 1.53 bits per heavy atom. The molecule has 2 amide bonds. The predicted molar refractivity (Wildman–Crippen MR) is 129 cm³/mol. The van der Waals surface area contributed by atoms with Crippen LogP contribution in [0, 0.1) is 0 Å². The number of hydrogen-bond acceptors (Lipinski definition) is 6. The summed E-state index contributed by atoms with van der Waals surface area (Å²) in [6.45, 7) is 0. The summed E-state index contributed by atoms with van der Waals surface area (Å²) < 4.78 is 0. The van der Waals surface area contributed by atoms with Crippen LogP contribution >= 0.6 is 0 Å². The third kappa shape index (κ3) is 4.20. The van der Waals surface area contributed by atoms with E-state index < -0.39 is 5.91 Å². The standard InChI is InChI=1S/C26H18N6O2/c27-25(33)20-13-24(32-21-4-2-1-3-19(20)21)23-14-22(29-15-30-23)16-5-7-18(8-6-16)31-26(34)17-9-11-28-12-10-17/h1-15H,(H2,27,33)(H,31,34). The van der Waals surface area contributed by atoms with E-state index in [-0.39, 0.29) is 5.91 Å². The van der Waals surface area contributed by atoms with Crippen molar-refractivity contribution < 1.29 is 9.59 Å². The molecule has 3 aromatic heterocycles. The van der Waals surface area contributed by atoms with Gasteiger partial charge in [-0.15, -0.1) is 0 Å². The van der Waals surface area contributed by atoms with E-state index in [2.05, 4.69) is 25.3 Å². The third-order valence-corrected chi connectivity index (χ3v) is 5.29. The van der Waals surface area contributed by atoms with Crippen LogP contribution in [0.3, 0.4) is 0 Å². The van der Waals surface area contributed by atoms with E-state index in [4.69, 9.17) is 5.73 Å². The van der Waals surface area contributed by atoms with E-state index in [1.165, 1.54) is 6.33 Å². The first-order valence-electron chi connectivity index (χ1n) is 10.4. The van der Waals surface area contributed by atoms with Gasteiger partial charge in [-0.25, -0.2) is 15.0 Å². The molecule has 3 heterocycles. The smallest absolute Gasteiger partial charge is 0.255 e. The van der Waals surface area contributed by atoms with Crippen LogP contribution in [-0.4, -0.2) is 31.8 Å². The topological polar surface area (TPSA) is 124 Å². The molecular weight excluding hydrogens is 428 g/mol. The van der Waals surface area contributed by atoms with E-state index in [0.717, 1.165) is 5.56 Å². The first-order chi connectivity index (χ1) is 16.6. The quantitative estimate of drug-likeness (QED) is 0.419. The minimum atomic E-state index is -0.529. The number of rotatable bonds is 5. The molecule has 164 valence electrons. The number of nitrogens with one attached hydrogen (secondary N) is 1. The summed E-state index contributed by atoms with van der Waals surface area (Å²) in [6.07, 6.45) is 4.59. The lowest BCUT2D eigenvalue weighted by atomic mass is 10.0. The van der Waals surface area contributed by atoms with Gasteiger partial charge >= 0.3 is 0 Å². The second-order valence-corrected chi connectivity index (χ2v) is 7.49. The average molecular weight is 446 g/mol. The van der Waals surface area contributed by atoms with Crippen molar-refractivity contribution in [2.45, 2.75) is 0 Å². The molecule has 0 atom stereocenters. The van der Waals surface area contributed by atoms with Gasteiger partial charge in [0, 0.05) is 34.6 Å². The molecule has 34 heavy (non-hydrogen) atoms. The Balaban J connectivity index is 1.44. The van der Waals surface area contributed by atoms with Gasteiger partial charge < -0.3 is 11.1 Å². The molecule has 0 saturated heterocycles. The number of nitrogens with zero attached hydrogens (tertiary/aromatic N) is 4. The van der Waals surface area contributed by atoms with Gasteiger partial charge in [0.2, 0.25) is 5.91 Å². The fourth-order valence-electron chi connectivity index (χ4n) is 3.60. The summed E-state index contributed by atoms with van der Waals surface area (Å²) in [7, 11) is 0. The Kier molecular flexibility index (Phi) is 5.45. The maximum absolute atomic E-state index is 12.3. The highest BCUT2D eigenvalue weighted by Crippen LogP contribution is 2.26. The minimum Gasteiger partial charge on any atom is -0.366 e. The number of fused-ring (bicyclic) bond motifs is 1. The molecule has 3 N–H and O–H groups in total. The summed E-state index contributed by atoms with van der Waals surface area (Å²) >= 11 is 0. The van der Waals surface area contributed by atoms with Crippen molar-refractivity contribution in [2.24, 2.45) is 5.73 Å². The van der Waals surface area contributed by atoms with Gasteiger partial charge in [0.25, 0.3) is 5.91 Å². The van der Waals surface area contributed by atoms with Crippen molar-refractivity contribution in [3.63, 3.8) is 0 Å². The molecule has 0 aliphatic carbocycles. The highest BCUT2D eigenvalue weighted by atomic mass is 16.2. The number of para-hydroxylation sites is 1. The molecule has 8 heteroatoms. The zero-order valence-electron chi connectivity index (χ0n) is 17.8. The number of pyridine rings is 2. The molecule has 2 aromatic carbocycles. The Labute approximate surface area is 194 Å². The largest absolute Gasteiger partial charge is 0.366 e. The lowest BCUT2D eigenvalue weighted by Gasteiger charge is -2.09. The number of benzene rings is 2. The Morgan fingerprint density at radius 1 is 0.794 bits per heavy atom. The number of anilines is 1. The van der Waals surface area contributed by atoms with Crippen LogP contribution in [0.2, 0.25) is 0 Å².